The third kappa shape index (κ3) is 2.93. The molecule has 1 N–H and O–H groups in total. The van der Waals surface area contributed by atoms with Gasteiger partial charge in [0.2, 0.25) is 0 Å². The highest BCUT2D eigenvalue weighted by Gasteiger charge is 2.27. The SMILES string of the molecule is OB1OCc2ccc(-n3cccc3Sc3ccc(Cl)cc3)cc21. The minimum Gasteiger partial charge on any atom is -0.423 e. The molecule has 1 aliphatic heterocycles. The van der Waals surface area contributed by atoms with Crippen molar-refractivity contribution in [1.82, 2.24) is 4.57 Å². The van der Waals surface area contributed by atoms with Crippen LogP contribution in [0.25, 0.3) is 5.69 Å². The topological polar surface area (TPSA) is 34.4 Å². The standard InChI is InChI=1S/C17H13BClNO2S/c19-13-4-7-15(8-5-13)23-17-2-1-9-20(17)14-6-3-12-11-22-18(21)16(12)10-14/h1-10,21H,11H2. The van der Waals surface area contributed by atoms with Gasteiger partial charge in [-0.25, -0.2) is 0 Å². The average molecular weight is 342 g/mol. The summed E-state index contributed by atoms with van der Waals surface area (Å²) in [7, 11) is -0.826. The summed E-state index contributed by atoms with van der Waals surface area (Å²) >= 11 is 7.61. The molecule has 0 spiro atoms. The molecule has 4 rings (SSSR count). The number of hydrogen-bond acceptors (Lipinski definition) is 3. The molecule has 0 saturated carbocycles. The van der Waals surface area contributed by atoms with Gasteiger partial charge in [0, 0.05) is 21.8 Å². The summed E-state index contributed by atoms with van der Waals surface area (Å²) < 4.78 is 7.36. The predicted molar refractivity (Wildman–Crippen MR) is 93.7 cm³/mol. The third-order valence-corrected chi connectivity index (χ3v) is 5.12. The normalized spacial score (nSPS) is 13.4. The second-order valence-corrected chi connectivity index (χ2v) is 6.85. The maximum absolute atomic E-state index is 9.88. The van der Waals surface area contributed by atoms with E-state index in [0.29, 0.717) is 6.61 Å². The van der Waals surface area contributed by atoms with Gasteiger partial charge in [-0.05, 0) is 59.6 Å². The lowest BCUT2D eigenvalue weighted by atomic mass is 9.79. The van der Waals surface area contributed by atoms with E-state index < -0.39 is 7.12 Å². The van der Waals surface area contributed by atoms with Crippen molar-refractivity contribution in [3.05, 3.63) is 71.4 Å². The van der Waals surface area contributed by atoms with Crippen LogP contribution in [0.5, 0.6) is 0 Å². The molecular weight excluding hydrogens is 329 g/mol. The van der Waals surface area contributed by atoms with E-state index >= 15 is 0 Å². The highest BCUT2D eigenvalue weighted by atomic mass is 35.5. The number of benzene rings is 2. The van der Waals surface area contributed by atoms with Gasteiger partial charge in [-0.3, -0.25) is 0 Å². The van der Waals surface area contributed by atoms with Crippen molar-refractivity contribution in [2.24, 2.45) is 0 Å². The lowest BCUT2D eigenvalue weighted by Crippen LogP contribution is -2.28. The zero-order chi connectivity index (χ0) is 15.8. The van der Waals surface area contributed by atoms with E-state index in [0.717, 1.165) is 31.7 Å². The largest absolute Gasteiger partial charge is 0.491 e. The third-order valence-electron chi connectivity index (χ3n) is 3.82. The first kappa shape index (κ1) is 14.9. The molecule has 3 nitrogen and oxygen atoms in total. The Morgan fingerprint density at radius 2 is 1.96 bits per heavy atom. The van der Waals surface area contributed by atoms with Crippen LogP contribution in [0.4, 0.5) is 0 Å². The van der Waals surface area contributed by atoms with Crippen molar-refractivity contribution in [1.29, 1.82) is 0 Å². The summed E-state index contributed by atoms with van der Waals surface area (Å²) in [5.74, 6) is 0. The first-order valence-corrected chi connectivity index (χ1v) is 8.44. The number of halogens is 1. The Morgan fingerprint density at radius 3 is 2.78 bits per heavy atom. The highest BCUT2D eigenvalue weighted by molar-refractivity contribution is 7.99. The number of hydrogen-bond donors (Lipinski definition) is 1. The van der Waals surface area contributed by atoms with Gasteiger partial charge in [0.25, 0.3) is 0 Å². The average Bonchev–Trinajstić information content (AvgIpc) is 3.16. The lowest BCUT2D eigenvalue weighted by molar-refractivity contribution is 0.275. The van der Waals surface area contributed by atoms with Gasteiger partial charge in [-0.15, -0.1) is 0 Å². The Bertz CT molecular complexity index is 850. The summed E-state index contributed by atoms with van der Waals surface area (Å²) in [6, 6.07) is 17.9. The van der Waals surface area contributed by atoms with Crippen LogP contribution in [0.15, 0.2) is 70.7 Å². The second kappa shape index (κ2) is 6.09. The van der Waals surface area contributed by atoms with E-state index in [4.69, 9.17) is 16.3 Å². The summed E-state index contributed by atoms with van der Waals surface area (Å²) in [5, 5.41) is 11.7. The number of rotatable bonds is 3. The quantitative estimate of drug-likeness (QED) is 0.740. The van der Waals surface area contributed by atoms with Crippen molar-refractivity contribution in [3.63, 3.8) is 0 Å². The summed E-state index contributed by atoms with van der Waals surface area (Å²) in [5.41, 5.74) is 2.90. The van der Waals surface area contributed by atoms with Crippen molar-refractivity contribution in [2.45, 2.75) is 16.5 Å². The molecule has 114 valence electrons. The maximum atomic E-state index is 9.88. The molecule has 1 aromatic heterocycles. The van der Waals surface area contributed by atoms with Crippen molar-refractivity contribution in [2.75, 3.05) is 0 Å². The molecule has 23 heavy (non-hydrogen) atoms. The van der Waals surface area contributed by atoms with Gasteiger partial charge < -0.3 is 14.2 Å². The van der Waals surface area contributed by atoms with Gasteiger partial charge >= 0.3 is 7.12 Å². The van der Waals surface area contributed by atoms with Crippen LogP contribution in [0.2, 0.25) is 5.02 Å². The molecule has 6 heteroatoms. The molecule has 0 unspecified atom stereocenters. The number of nitrogens with zero attached hydrogens (tertiary/aromatic N) is 1. The van der Waals surface area contributed by atoms with Gasteiger partial charge in [0.1, 0.15) is 0 Å². The molecule has 3 aromatic rings. The van der Waals surface area contributed by atoms with E-state index in [-0.39, 0.29) is 0 Å². The second-order valence-electron chi connectivity index (χ2n) is 5.32. The monoisotopic (exact) mass is 341 g/mol. The Balaban J connectivity index is 1.67. The van der Waals surface area contributed by atoms with E-state index in [1.807, 2.05) is 54.7 Å². The van der Waals surface area contributed by atoms with Gasteiger partial charge in [0.15, 0.2) is 0 Å². The molecule has 0 atom stereocenters. The Morgan fingerprint density at radius 1 is 1.13 bits per heavy atom. The Kier molecular flexibility index (Phi) is 3.95. The van der Waals surface area contributed by atoms with Gasteiger partial charge in [-0.1, -0.05) is 29.4 Å². The summed E-state index contributed by atoms with van der Waals surface area (Å²) in [6.07, 6.45) is 2.02. The zero-order valence-corrected chi connectivity index (χ0v) is 13.7. The van der Waals surface area contributed by atoms with Crippen molar-refractivity contribution in [3.8, 4) is 5.69 Å². The van der Waals surface area contributed by atoms with Crippen LogP contribution in [-0.2, 0) is 11.3 Å². The minimum absolute atomic E-state index is 0.467. The highest BCUT2D eigenvalue weighted by Crippen LogP contribution is 2.31. The van der Waals surface area contributed by atoms with Gasteiger partial charge in [-0.2, -0.15) is 0 Å². The van der Waals surface area contributed by atoms with E-state index in [1.165, 1.54) is 0 Å². The van der Waals surface area contributed by atoms with Gasteiger partial charge in [0.05, 0.1) is 11.6 Å². The lowest BCUT2D eigenvalue weighted by Gasteiger charge is -2.11. The fraction of sp³-hybridized carbons (Fsp3) is 0.0588. The molecule has 0 radical (unpaired) electrons. The molecule has 2 aromatic carbocycles. The molecule has 1 aliphatic rings. The van der Waals surface area contributed by atoms with Crippen molar-refractivity contribution < 1.29 is 9.68 Å². The number of fused-ring (bicyclic) bond motifs is 1. The van der Waals surface area contributed by atoms with Crippen LogP contribution in [-0.4, -0.2) is 16.7 Å². The summed E-state index contributed by atoms with van der Waals surface area (Å²) in [6.45, 7) is 0.467. The molecule has 0 fully saturated rings. The molecule has 0 saturated heterocycles. The molecule has 0 bridgehead atoms. The predicted octanol–water partition coefficient (Wildman–Crippen LogP) is 3.50. The first-order chi connectivity index (χ1) is 11.2. The van der Waals surface area contributed by atoms with Crippen molar-refractivity contribution >= 4 is 35.9 Å². The number of aromatic nitrogens is 1. The van der Waals surface area contributed by atoms with Crippen LogP contribution in [0, 0.1) is 0 Å². The maximum Gasteiger partial charge on any atom is 0.491 e. The first-order valence-electron chi connectivity index (χ1n) is 7.24. The fourth-order valence-electron chi connectivity index (χ4n) is 2.64. The fourth-order valence-corrected chi connectivity index (χ4v) is 3.69. The van der Waals surface area contributed by atoms with E-state index in [2.05, 4.69) is 10.6 Å². The van der Waals surface area contributed by atoms with E-state index in [1.54, 1.807) is 11.8 Å². The van der Waals surface area contributed by atoms with Crippen LogP contribution in [0.1, 0.15) is 5.56 Å². The zero-order valence-electron chi connectivity index (χ0n) is 12.1. The molecule has 2 heterocycles. The summed E-state index contributed by atoms with van der Waals surface area (Å²) in [4.78, 5) is 1.12. The van der Waals surface area contributed by atoms with Crippen LogP contribution in [0.3, 0.4) is 0 Å². The Hall–Kier alpha value is -1.66. The molecular formula is C17H13BClNO2S. The molecule has 0 aliphatic carbocycles. The Labute approximate surface area is 144 Å². The smallest absolute Gasteiger partial charge is 0.423 e. The van der Waals surface area contributed by atoms with E-state index in [9.17, 15) is 5.02 Å². The molecule has 0 amide bonds. The van der Waals surface area contributed by atoms with Crippen LogP contribution >= 0.6 is 23.4 Å². The minimum atomic E-state index is -0.826. The van der Waals surface area contributed by atoms with Crippen LogP contribution < -0.4 is 5.46 Å².